The molecule has 0 aliphatic rings. The minimum absolute atomic E-state index is 0.356. The first-order valence-electron chi connectivity index (χ1n) is 5.91. The topological polar surface area (TPSA) is 37.8 Å². The van der Waals surface area contributed by atoms with E-state index in [2.05, 4.69) is 46.9 Å². The van der Waals surface area contributed by atoms with E-state index in [1.54, 1.807) is 22.7 Å². The number of nitrogens with one attached hydrogen (secondary N) is 1. The molecule has 92 valence electrons. The van der Waals surface area contributed by atoms with Crippen LogP contribution in [-0.2, 0) is 6.42 Å². The quantitative estimate of drug-likeness (QED) is 0.873. The molecule has 5 heteroatoms. The third-order valence-electron chi connectivity index (χ3n) is 2.54. The first kappa shape index (κ1) is 12.7. The van der Waals surface area contributed by atoms with Crippen molar-refractivity contribution in [1.82, 2.24) is 15.5 Å². The van der Waals surface area contributed by atoms with Crippen molar-refractivity contribution in [2.75, 3.05) is 6.54 Å². The first-order valence-corrected chi connectivity index (χ1v) is 7.61. The lowest BCUT2D eigenvalue weighted by atomic mass is 10.2. The molecule has 0 aliphatic carbocycles. The Morgan fingerprint density at radius 2 is 2.24 bits per heavy atom. The van der Waals surface area contributed by atoms with Crippen LogP contribution in [0.1, 0.15) is 41.2 Å². The molecule has 1 N–H and O–H groups in total. The van der Waals surface area contributed by atoms with Gasteiger partial charge < -0.3 is 5.32 Å². The maximum Gasteiger partial charge on any atom is 0.134 e. The fourth-order valence-corrected chi connectivity index (χ4v) is 3.52. The van der Waals surface area contributed by atoms with Crippen LogP contribution in [0.4, 0.5) is 0 Å². The second-order valence-electron chi connectivity index (χ2n) is 3.81. The van der Waals surface area contributed by atoms with Gasteiger partial charge >= 0.3 is 0 Å². The van der Waals surface area contributed by atoms with E-state index in [0.717, 1.165) is 29.4 Å². The fraction of sp³-hybridized carbons (Fsp3) is 0.500. The number of aromatic nitrogens is 2. The van der Waals surface area contributed by atoms with Crippen molar-refractivity contribution >= 4 is 22.7 Å². The fourth-order valence-electron chi connectivity index (χ4n) is 1.69. The van der Waals surface area contributed by atoms with Gasteiger partial charge in [0.05, 0.1) is 6.04 Å². The van der Waals surface area contributed by atoms with Crippen molar-refractivity contribution < 1.29 is 0 Å². The monoisotopic (exact) mass is 267 g/mol. The highest BCUT2D eigenvalue weighted by Crippen LogP contribution is 2.23. The molecule has 0 radical (unpaired) electrons. The van der Waals surface area contributed by atoms with Crippen LogP contribution in [-0.4, -0.2) is 16.7 Å². The van der Waals surface area contributed by atoms with Gasteiger partial charge in [0.2, 0.25) is 0 Å². The molecule has 2 aromatic heterocycles. The molecular formula is C12H17N3S2. The smallest absolute Gasteiger partial charge is 0.134 e. The maximum absolute atomic E-state index is 4.30. The number of hydrogen-bond donors (Lipinski definition) is 1. The molecule has 0 saturated carbocycles. The van der Waals surface area contributed by atoms with E-state index in [0.29, 0.717) is 6.04 Å². The molecule has 1 unspecified atom stereocenters. The molecule has 0 aromatic carbocycles. The van der Waals surface area contributed by atoms with Gasteiger partial charge in [0.15, 0.2) is 0 Å². The van der Waals surface area contributed by atoms with Crippen molar-refractivity contribution in [2.24, 2.45) is 0 Å². The van der Waals surface area contributed by atoms with E-state index in [1.807, 2.05) is 0 Å². The third-order valence-corrected chi connectivity index (χ3v) is 4.46. The van der Waals surface area contributed by atoms with Crippen molar-refractivity contribution in [3.63, 3.8) is 0 Å². The summed E-state index contributed by atoms with van der Waals surface area (Å²) in [5.74, 6) is 0. The van der Waals surface area contributed by atoms with Gasteiger partial charge in [-0.25, -0.2) is 0 Å². The van der Waals surface area contributed by atoms with Crippen molar-refractivity contribution in [1.29, 1.82) is 0 Å². The molecule has 0 bridgehead atoms. The van der Waals surface area contributed by atoms with Gasteiger partial charge in [0, 0.05) is 11.3 Å². The molecule has 0 spiro atoms. The Hall–Kier alpha value is -0.780. The Morgan fingerprint density at radius 3 is 2.88 bits per heavy atom. The lowest BCUT2D eigenvalue weighted by molar-refractivity contribution is 0.531. The molecular weight excluding hydrogens is 250 g/mol. The van der Waals surface area contributed by atoms with Crippen LogP contribution in [0.15, 0.2) is 17.5 Å². The molecule has 17 heavy (non-hydrogen) atoms. The Bertz CT molecular complexity index is 436. The summed E-state index contributed by atoms with van der Waals surface area (Å²) in [6.07, 6.45) is 1.97. The van der Waals surface area contributed by atoms with E-state index in [1.165, 1.54) is 4.88 Å². The molecule has 0 fully saturated rings. The summed E-state index contributed by atoms with van der Waals surface area (Å²) in [7, 11) is 0. The Morgan fingerprint density at radius 1 is 1.35 bits per heavy atom. The Labute approximate surface area is 110 Å². The number of rotatable bonds is 6. The summed E-state index contributed by atoms with van der Waals surface area (Å²) in [5, 5.41) is 16.3. The van der Waals surface area contributed by atoms with Gasteiger partial charge in [0.1, 0.15) is 10.0 Å². The number of thiophene rings is 1. The summed E-state index contributed by atoms with van der Waals surface area (Å²) in [4.78, 5) is 1.35. The SMILES string of the molecule is CCNC(CC)c1nnc(Cc2cccs2)s1. The average Bonchev–Trinajstić information content (AvgIpc) is 2.98. The minimum Gasteiger partial charge on any atom is -0.308 e. The van der Waals surface area contributed by atoms with Crippen LogP contribution in [0.5, 0.6) is 0 Å². The highest BCUT2D eigenvalue weighted by Gasteiger charge is 2.14. The zero-order chi connectivity index (χ0) is 12.1. The lowest BCUT2D eigenvalue weighted by Crippen LogP contribution is -2.19. The second-order valence-corrected chi connectivity index (χ2v) is 5.93. The third kappa shape index (κ3) is 3.34. The van der Waals surface area contributed by atoms with Gasteiger partial charge in [-0.3, -0.25) is 0 Å². The van der Waals surface area contributed by atoms with Crippen LogP contribution in [0.3, 0.4) is 0 Å². The van der Waals surface area contributed by atoms with Gasteiger partial charge in [-0.1, -0.05) is 31.3 Å². The van der Waals surface area contributed by atoms with Gasteiger partial charge in [-0.2, -0.15) is 0 Å². The minimum atomic E-state index is 0.356. The summed E-state index contributed by atoms with van der Waals surface area (Å²) >= 11 is 3.50. The van der Waals surface area contributed by atoms with Crippen LogP contribution in [0, 0.1) is 0 Å². The van der Waals surface area contributed by atoms with Gasteiger partial charge in [-0.05, 0) is 24.4 Å². The van der Waals surface area contributed by atoms with E-state index in [9.17, 15) is 0 Å². The summed E-state index contributed by atoms with van der Waals surface area (Å²) in [6, 6.07) is 4.58. The van der Waals surface area contributed by atoms with E-state index in [4.69, 9.17) is 0 Å². The molecule has 0 saturated heterocycles. The summed E-state index contributed by atoms with van der Waals surface area (Å²) < 4.78 is 0. The summed E-state index contributed by atoms with van der Waals surface area (Å²) in [6.45, 7) is 5.27. The average molecular weight is 267 g/mol. The van der Waals surface area contributed by atoms with Crippen molar-refractivity contribution in [3.8, 4) is 0 Å². The molecule has 0 aliphatic heterocycles. The Balaban J connectivity index is 2.04. The molecule has 2 heterocycles. The highest BCUT2D eigenvalue weighted by atomic mass is 32.1. The van der Waals surface area contributed by atoms with E-state index in [-0.39, 0.29) is 0 Å². The zero-order valence-corrected chi connectivity index (χ0v) is 11.8. The predicted octanol–water partition coefficient (Wildman–Crippen LogP) is 3.25. The highest BCUT2D eigenvalue weighted by molar-refractivity contribution is 7.12. The maximum atomic E-state index is 4.30. The molecule has 2 aromatic rings. The van der Waals surface area contributed by atoms with Crippen LogP contribution < -0.4 is 5.32 Å². The van der Waals surface area contributed by atoms with Crippen molar-refractivity contribution in [2.45, 2.75) is 32.7 Å². The number of nitrogens with zero attached hydrogens (tertiary/aromatic N) is 2. The molecule has 2 rings (SSSR count). The summed E-state index contributed by atoms with van der Waals surface area (Å²) in [5.41, 5.74) is 0. The van der Waals surface area contributed by atoms with Crippen LogP contribution >= 0.6 is 22.7 Å². The second kappa shape index (κ2) is 6.23. The van der Waals surface area contributed by atoms with E-state index >= 15 is 0 Å². The van der Waals surface area contributed by atoms with E-state index < -0.39 is 0 Å². The normalized spacial score (nSPS) is 12.8. The van der Waals surface area contributed by atoms with Gasteiger partial charge in [0.25, 0.3) is 0 Å². The number of hydrogen-bond acceptors (Lipinski definition) is 5. The molecule has 0 amide bonds. The Kier molecular flexibility index (Phi) is 4.65. The lowest BCUT2D eigenvalue weighted by Gasteiger charge is -2.10. The van der Waals surface area contributed by atoms with Crippen LogP contribution in [0.2, 0.25) is 0 Å². The largest absolute Gasteiger partial charge is 0.308 e. The molecule has 3 nitrogen and oxygen atoms in total. The van der Waals surface area contributed by atoms with Crippen molar-refractivity contribution in [3.05, 3.63) is 32.4 Å². The first-order chi connectivity index (χ1) is 8.33. The van der Waals surface area contributed by atoms with Gasteiger partial charge in [-0.15, -0.1) is 21.5 Å². The molecule has 1 atom stereocenters. The predicted molar refractivity (Wildman–Crippen MR) is 73.7 cm³/mol. The zero-order valence-electron chi connectivity index (χ0n) is 10.1. The van der Waals surface area contributed by atoms with Crippen LogP contribution in [0.25, 0.3) is 0 Å². The standard InChI is InChI=1S/C12H17N3S2/c1-3-10(13-4-2)12-15-14-11(17-12)8-9-6-5-7-16-9/h5-7,10,13H,3-4,8H2,1-2H3.